The van der Waals surface area contributed by atoms with Gasteiger partial charge in [0.15, 0.2) is 6.35 Å². The summed E-state index contributed by atoms with van der Waals surface area (Å²) >= 11 is 0. The molecule has 1 aliphatic rings. The Morgan fingerprint density at radius 1 is 0.941 bits per heavy atom. The van der Waals surface area contributed by atoms with Crippen LogP contribution < -0.4 is 42.1 Å². The van der Waals surface area contributed by atoms with Crippen molar-refractivity contribution < 1.29 is 43.4 Å². The normalized spacial score (nSPS) is 13.6. The SMILES string of the molecule is COc1ccc(N(C)c2cc(C#N)nc3ccccc23)cc1/C=C/C(=O)NOCc1ccc(NC(=O)[C@H](CCCNC(N)O)NC(=O)[C@@H](NC(=O)CCCCCN2C(=O)C=CC2=O)C(C)C)cc1. The number of methoxy groups -OCH3 is 1. The number of benzene rings is 3. The molecule has 19 nitrogen and oxygen atoms in total. The zero-order valence-corrected chi connectivity index (χ0v) is 38.5. The molecule has 4 aromatic rings. The molecule has 6 amide bonds. The van der Waals surface area contributed by atoms with Gasteiger partial charge in [-0.25, -0.2) is 10.5 Å². The summed E-state index contributed by atoms with van der Waals surface area (Å²) in [5.74, 6) is -2.43. The number of rotatable bonds is 25. The molecule has 0 fully saturated rings. The van der Waals surface area contributed by atoms with Crippen molar-refractivity contribution in [1.82, 2.24) is 31.3 Å². The van der Waals surface area contributed by atoms with Gasteiger partial charge in [0.05, 0.1) is 24.9 Å². The monoisotopic (exact) mass is 930 g/mol. The van der Waals surface area contributed by atoms with Crippen molar-refractivity contribution in [2.75, 3.05) is 37.5 Å². The minimum atomic E-state index is -1.26. The average Bonchev–Trinajstić information content (AvgIpc) is 3.65. The molecule has 0 aliphatic carbocycles. The Kier molecular flexibility index (Phi) is 19.2. The number of hydrogen-bond donors (Lipinski definition) is 7. The number of para-hydroxylation sites is 1. The number of nitrogens with zero attached hydrogens (tertiary/aromatic N) is 4. The van der Waals surface area contributed by atoms with E-state index in [-0.39, 0.29) is 61.9 Å². The number of aliphatic hydroxyl groups excluding tert-OH is 1. The highest BCUT2D eigenvalue weighted by Crippen LogP contribution is 2.34. The first kappa shape index (κ1) is 51.5. The summed E-state index contributed by atoms with van der Waals surface area (Å²) in [6.45, 7) is 4.07. The number of aromatic nitrogens is 1. The zero-order chi connectivity index (χ0) is 49.2. The smallest absolute Gasteiger partial charge is 0.267 e. The number of nitrogens with one attached hydrogen (secondary N) is 5. The maximum atomic E-state index is 13.6. The highest BCUT2D eigenvalue weighted by Gasteiger charge is 2.29. The van der Waals surface area contributed by atoms with Crippen LogP contribution in [0.4, 0.5) is 17.1 Å². The molecule has 5 rings (SSSR count). The fourth-order valence-corrected chi connectivity index (χ4v) is 7.25. The number of ether oxygens (including phenoxy) is 1. The van der Waals surface area contributed by atoms with Gasteiger partial charge >= 0.3 is 0 Å². The van der Waals surface area contributed by atoms with Crippen molar-refractivity contribution in [3.8, 4) is 11.8 Å². The van der Waals surface area contributed by atoms with Crippen LogP contribution in [0.5, 0.6) is 5.75 Å². The summed E-state index contributed by atoms with van der Waals surface area (Å²) < 4.78 is 5.54. The van der Waals surface area contributed by atoms with Crippen molar-refractivity contribution in [2.45, 2.75) is 77.4 Å². The number of fused-ring (bicyclic) bond motifs is 1. The Morgan fingerprint density at radius 2 is 1.68 bits per heavy atom. The van der Waals surface area contributed by atoms with Crippen LogP contribution in [0.15, 0.2) is 91.0 Å². The average molecular weight is 931 g/mol. The lowest BCUT2D eigenvalue weighted by Gasteiger charge is -2.25. The van der Waals surface area contributed by atoms with E-state index in [0.29, 0.717) is 53.8 Å². The van der Waals surface area contributed by atoms with Gasteiger partial charge in [-0.3, -0.25) is 49.6 Å². The molecule has 1 aromatic heterocycles. The van der Waals surface area contributed by atoms with Crippen molar-refractivity contribution in [1.29, 1.82) is 5.26 Å². The maximum absolute atomic E-state index is 13.6. The van der Waals surface area contributed by atoms with Crippen LogP contribution in [0.25, 0.3) is 17.0 Å². The van der Waals surface area contributed by atoms with E-state index < -0.39 is 36.2 Å². The Balaban J connectivity index is 1.12. The van der Waals surface area contributed by atoms with Crippen LogP contribution in [0.3, 0.4) is 0 Å². The van der Waals surface area contributed by atoms with E-state index in [2.05, 4.69) is 37.8 Å². The number of anilines is 3. The number of hydrogen-bond acceptors (Lipinski definition) is 14. The Bertz CT molecular complexity index is 2520. The van der Waals surface area contributed by atoms with E-state index in [9.17, 15) is 39.1 Å². The number of carbonyl (C=O) groups excluding carboxylic acids is 6. The van der Waals surface area contributed by atoms with Gasteiger partial charge < -0.3 is 30.7 Å². The third-order valence-corrected chi connectivity index (χ3v) is 10.9. The van der Waals surface area contributed by atoms with Gasteiger partial charge in [0.1, 0.15) is 29.6 Å². The minimum Gasteiger partial charge on any atom is -0.496 e. The topological polar surface area (TPSA) is 270 Å². The minimum absolute atomic E-state index is 0.00129. The summed E-state index contributed by atoms with van der Waals surface area (Å²) in [6, 6.07) is 21.6. The molecule has 3 aromatic carbocycles. The van der Waals surface area contributed by atoms with Gasteiger partial charge in [0.25, 0.3) is 17.7 Å². The molecule has 68 heavy (non-hydrogen) atoms. The summed E-state index contributed by atoms with van der Waals surface area (Å²) in [7, 11) is 3.41. The Hall–Kier alpha value is -7.50. The molecule has 0 radical (unpaired) electrons. The number of nitrogens with two attached hydrogens (primary N) is 1. The second kappa shape index (κ2) is 25.4. The quantitative estimate of drug-likeness (QED) is 0.0164. The standard InChI is InChI=1S/C49H58N10O9/c1-31(2)46(56-42(60)14-6-5-9-26-59-44(62)23-24-45(59)63)48(65)55-39(13-10-25-52-49(51)66)47(64)54-34-18-15-32(16-19-34)30-68-57-43(61)22-17-33-27-36(20-21-41(33)67-4)58(3)40-28-35(29-50)53-38-12-8-7-11-37(38)40/h7-8,11-12,15-24,27-28,31,39,46,49,52,66H,5-6,9-10,13-14,25-26,30,51H2,1-4H3,(H,54,64)(H,55,65)(H,56,60)(H,57,61)/b22-17+/t39-,46-,49?/m0/s1. The van der Waals surface area contributed by atoms with Crippen LogP contribution >= 0.6 is 0 Å². The van der Waals surface area contributed by atoms with Gasteiger partial charge in [-0.15, -0.1) is 0 Å². The van der Waals surface area contributed by atoms with E-state index in [1.165, 1.54) is 25.3 Å². The molecule has 1 aliphatic heterocycles. The number of nitriles is 1. The number of carbonyl (C=O) groups is 6. The molecule has 1 unspecified atom stereocenters. The molecule has 0 bridgehead atoms. The molecule has 2 heterocycles. The van der Waals surface area contributed by atoms with Gasteiger partial charge in [-0.2, -0.15) is 5.26 Å². The third kappa shape index (κ3) is 15.0. The second-order valence-corrected chi connectivity index (χ2v) is 16.3. The number of hydroxylamine groups is 1. The fraction of sp³-hybridized carbons (Fsp3) is 0.347. The van der Waals surface area contributed by atoms with Crippen LogP contribution in [-0.2, 0) is 40.2 Å². The predicted molar refractivity (Wildman–Crippen MR) is 255 cm³/mol. The van der Waals surface area contributed by atoms with E-state index in [1.54, 1.807) is 56.3 Å². The molecular formula is C49H58N10O9. The highest BCUT2D eigenvalue weighted by atomic mass is 16.6. The molecular weight excluding hydrogens is 873 g/mol. The van der Waals surface area contributed by atoms with Crippen molar-refractivity contribution >= 4 is 69.5 Å². The van der Waals surface area contributed by atoms with Gasteiger partial charge in [-0.1, -0.05) is 50.6 Å². The fourth-order valence-electron chi connectivity index (χ4n) is 7.25. The van der Waals surface area contributed by atoms with Gasteiger partial charge in [-0.05, 0) is 92.2 Å². The van der Waals surface area contributed by atoms with E-state index >= 15 is 0 Å². The maximum Gasteiger partial charge on any atom is 0.267 e. The van der Waals surface area contributed by atoms with Crippen molar-refractivity contribution in [3.05, 3.63) is 108 Å². The van der Waals surface area contributed by atoms with Crippen LogP contribution in [-0.4, -0.2) is 96.1 Å². The van der Waals surface area contributed by atoms with Crippen LogP contribution in [0, 0.1) is 17.2 Å². The zero-order valence-electron chi connectivity index (χ0n) is 38.5. The van der Waals surface area contributed by atoms with Crippen LogP contribution in [0.1, 0.15) is 69.2 Å². The van der Waals surface area contributed by atoms with E-state index in [1.807, 2.05) is 48.3 Å². The molecule has 8 N–H and O–H groups in total. The summed E-state index contributed by atoms with van der Waals surface area (Å²) in [6.07, 6.45) is 6.37. The molecule has 19 heteroatoms. The molecule has 0 saturated heterocycles. The Morgan fingerprint density at radius 3 is 2.37 bits per heavy atom. The highest BCUT2D eigenvalue weighted by molar-refractivity contribution is 6.12. The predicted octanol–water partition coefficient (Wildman–Crippen LogP) is 3.80. The number of imide groups is 1. The number of unbranched alkanes of at least 4 members (excludes halogenated alkanes) is 2. The summed E-state index contributed by atoms with van der Waals surface area (Å²) in [5, 5.41) is 30.9. The lowest BCUT2D eigenvalue weighted by atomic mass is 10.0. The lowest BCUT2D eigenvalue weighted by Crippen LogP contribution is -2.54. The van der Waals surface area contributed by atoms with Crippen molar-refractivity contribution in [2.24, 2.45) is 11.7 Å². The van der Waals surface area contributed by atoms with E-state index in [4.69, 9.17) is 15.3 Å². The third-order valence-electron chi connectivity index (χ3n) is 10.9. The number of aliphatic hydroxyl groups is 1. The van der Waals surface area contributed by atoms with Crippen LogP contribution in [0.2, 0.25) is 0 Å². The first-order chi connectivity index (χ1) is 32.7. The molecule has 0 saturated carbocycles. The number of amides is 6. The summed E-state index contributed by atoms with van der Waals surface area (Å²) in [5.41, 5.74) is 12.0. The Labute approximate surface area is 394 Å². The van der Waals surface area contributed by atoms with Gasteiger partial charge in [0, 0.05) is 60.6 Å². The number of pyridine rings is 1. The largest absolute Gasteiger partial charge is 0.496 e. The first-order valence-corrected chi connectivity index (χ1v) is 22.2. The van der Waals surface area contributed by atoms with Crippen molar-refractivity contribution in [3.63, 3.8) is 0 Å². The lowest BCUT2D eigenvalue weighted by molar-refractivity contribution is -0.137. The first-order valence-electron chi connectivity index (χ1n) is 22.2. The van der Waals surface area contributed by atoms with Gasteiger partial charge in [0.2, 0.25) is 17.7 Å². The molecule has 0 spiro atoms. The van der Waals surface area contributed by atoms with E-state index in [0.717, 1.165) is 21.7 Å². The summed E-state index contributed by atoms with van der Waals surface area (Å²) in [4.78, 5) is 89.3. The molecule has 358 valence electrons. The second-order valence-electron chi connectivity index (χ2n) is 16.3. The molecule has 3 atom stereocenters.